The molecule has 0 fully saturated rings. The fourth-order valence-electron chi connectivity index (χ4n) is 7.43. The Morgan fingerprint density at radius 1 is 0.321 bits per heavy atom. The molecule has 3 heteroatoms. The molecule has 2 heterocycles. The molecule has 0 unspecified atom stereocenters. The summed E-state index contributed by atoms with van der Waals surface area (Å²) in [6, 6.07) is 69.3. The lowest BCUT2D eigenvalue weighted by molar-refractivity contribution is 1.18. The molecule has 0 aliphatic rings. The summed E-state index contributed by atoms with van der Waals surface area (Å²) in [7, 11) is 0. The van der Waals surface area contributed by atoms with Crippen molar-refractivity contribution in [2.45, 2.75) is 0 Å². The Balaban J connectivity index is 1.21. The average molecular weight is 693 g/mol. The second kappa shape index (κ2) is 13.1. The molecule has 0 aliphatic carbocycles. The Labute approximate surface area is 312 Å². The van der Waals surface area contributed by atoms with Gasteiger partial charge < -0.3 is 0 Å². The van der Waals surface area contributed by atoms with Crippen LogP contribution in [0, 0.1) is 0 Å². The quantitative estimate of drug-likeness (QED) is 0.173. The second-order valence-corrected chi connectivity index (χ2v) is 14.5. The van der Waals surface area contributed by atoms with Crippen LogP contribution in [0.25, 0.3) is 98.2 Å². The Morgan fingerprint density at radius 3 is 1.74 bits per heavy atom. The maximum absolute atomic E-state index is 5.35. The van der Waals surface area contributed by atoms with Crippen LogP contribution < -0.4 is 0 Å². The third-order valence-electron chi connectivity index (χ3n) is 10.0. The fraction of sp³-hybridized carbons (Fsp3) is 0. The molecular formula is C50H32N2S. The van der Waals surface area contributed by atoms with E-state index in [1.54, 1.807) is 0 Å². The molecule has 0 spiro atoms. The highest BCUT2D eigenvalue weighted by atomic mass is 32.1. The highest BCUT2D eigenvalue weighted by molar-refractivity contribution is 7.25. The summed E-state index contributed by atoms with van der Waals surface area (Å²) >= 11 is 1.85. The lowest BCUT2D eigenvalue weighted by Gasteiger charge is -2.14. The zero-order valence-corrected chi connectivity index (χ0v) is 29.6. The zero-order chi connectivity index (χ0) is 35.1. The summed E-state index contributed by atoms with van der Waals surface area (Å²) in [4.78, 5) is 10.6. The van der Waals surface area contributed by atoms with Crippen LogP contribution in [0.4, 0.5) is 0 Å². The van der Waals surface area contributed by atoms with E-state index in [0.717, 1.165) is 55.7 Å². The van der Waals surface area contributed by atoms with E-state index in [1.165, 1.54) is 36.7 Å². The monoisotopic (exact) mass is 692 g/mol. The van der Waals surface area contributed by atoms with E-state index >= 15 is 0 Å². The zero-order valence-electron chi connectivity index (χ0n) is 28.8. The highest BCUT2D eigenvalue weighted by Crippen LogP contribution is 2.42. The maximum Gasteiger partial charge on any atom is 0.160 e. The van der Waals surface area contributed by atoms with Gasteiger partial charge in [0, 0.05) is 36.9 Å². The van der Waals surface area contributed by atoms with E-state index < -0.39 is 0 Å². The molecule has 0 atom stereocenters. The van der Waals surface area contributed by atoms with Crippen molar-refractivity contribution in [2.24, 2.45) is 0 Å². The molecule has 2 aromatic heterocycles. The summed E-state index contributed by atoms with van der Waals surface area (Å²) < 4.78 is 2.59. The van der Waals surface area contributed by atoms with Gasteiger partial charge in [-0.15, -0.1) is 11.3 Å². The van der Waals surface area contributed by atoms with Crippen molar-refractivity contribution < 1.29 is 0 Å². The number of nitrogens with zero attached hydrogens (tertiary/aromatic N) is 2. The van der Waals surface area contributed by atoms with E-state index in [4.69, 9.17) is 9.97 Å². The molecule has 53 heavy (non-hydrogen) atoms. The topological polar surface area (TPSA) is 25.8 Å². The van der Waals surface area contributed by atoms with Crippen LogP contribution in [0.1, 0.15) is 0 Å². The summed E-state index contributed by atoms with van der Waals surface area (Å²) in [5.41, 5.74) is 11.9. The fourth-order valence-corrected chi connectivity index (χ4v) is 8.56. The average Bonchev–Trinajstić information content (AvgIpc) is 3.63. The number of fused-ring (bicyclic) bond motifs is 4. The van der Waals surface area contributed by atoms with Gasteiger partial charge in [-0.25, -0.2) is 9.97 Å². The molecule has 0 N–H and O–H groups in total. The Bertz CT molecular complexity index is 2950. The second-order valence-electron chi connectivity index (χ2n) is 13.4. The molecule has 0 aliphatic heterocycles. The molecule has 10 aromatic rings. The van der Waals surface area contributed by atoms with Crippen molar-refractivity contribution in [3.8, 4) is 67.3 Å². The third-order valence-corrected chi connectivity index (χ3v) is 11.2. The molecule has 0 saturated carbocycles. The van der Waals surface area contributed by atoms with Gasteiger partial charge in [-0.1, -0.05) is 146 Å². The molecule has 0 amide bonds. The first-order valence-electron chi connectivity index (χ1n) is 17.9. The first kappa shape index (κ1) is 31.1. The van der Waals surface area contributed by atoms with Crippen LogP contribution >= 0.6 is 11.3 Å². The van der Waals surface area contributed by atoms with Crippen LogP contribution in [-0.2, 0) is 0 Å². The molecule has 8 aromatic carbocycles. The van der Waals surface area contributed by atoms with E-state index in [1.807, 2.05) is 11.3 Å². The number of thiophene rings is 1. The van der Waals surface area contributed by atoms with Gasteiger partial charge in [0.25, 0.3) is 0 Å². The van der Waals surface area contributed by atoms with Gasteiger partial charge in [0.1, 0.15) is 0 Å². The van der Waals surface area contributed by atoms with Crippen molar-refractivity contribution >= 4 is 42.3 Å². The number of benzene rings is 8. The molecule has 0 radical (unpaired) electrons. The first-order chi connectivity index (χ1) is 26.2. The van der Waals surface area contributed by atoms with Gasteiger partial charge in [0.15, 0.2) is 5.82 Å². The van der Waals surface area contributed by atoms with Crippen LogP contribution in [-0.4, -0.2) is 9.97 Å². The molecular weight excluding hydrogens is 661 g/mol. The van der Waals surface area contributed by atoms with Crippen LogP contribution in [0.3, 0.4) is 0 Å². The SMILES string of the molecule is c1ccc(-c2cccc(-c3cc(-c4cc(-c5ccccc5)cc(-c5cccc6sc7ccccc7c56)c4)nc(-c4ccc5ccccc5c4)n3)c2)cc1. The highest BCUT2D eigenvalue weighted by Gasteiger charge is 2.17. The largest absolute Gasteiger partial charge is 0.228 e. The van der Waals surface area contributed by atoms with Crippen molar-refractivity contribution in [1.29, 1.82) is 0 Å². The van der Waals surface area contributed by atoms with E-state index in [-0.39, 0.29) is 0 Å². The summed E-state index contributed by atoms with van der Waals surface area (Å²) in [6.07, 6.45) is 0. The van der Waals surface area contributed by atoms with E-state index in [0.29, 0.717) is 5.82 Å². The van der Waals surface area contributed by atoms with Crippen molar-refractivity contribution in [2.75, 3.05) is 0 Å². The van der Waals surface area contributed by atoms with E-state index in [2.05, 4.69) is 194 Å². The standard InChI is InChI=1S/C50H32N2S/c1-3-13-33(14-4-1)37-19-11-20-38(27-37)45-32-46(52-50(51-45)39-26-25-35-17-7-8-18-36(35)28-39)42-30-40(34-15-5-2-6-16-34)29-41(31-42)43-22-12-24-48-49(43)44-21-9-10-23-47(44)53-48/h1-32H. The number of rotatable bonds is 6. The van der Waals surface area contributed by atoms with Gasteiger partial charge >= 0.3 is 0 Å². The predicted octanol–water partition coefficient (Wildman–Crippen LogP) is 14.0. The lowest BCUT2D eigenvalue weighted by Crippen LogP contribution is -1.97. The number of hydrogen-bond donors (Lipinski definition) is 0. The van der Waals surface area contributed by atoms with Gasteiger partial charge in [0.2, 0.25) is 0 Å². The Morgan fingerprint density at radius 2 is 0.906 bits per heavy atom. The molecule has 2 nitrogen and oxygen atoms in total. The van der Waals surface area contributed by atoms with Crippen molar-refractivity contribution in [3.05, 3.63) is 194 Å². The lowest BCUT2D eigenvalue weighted by atomic mass is 9.92. The Kier molecular flexibility index (Phi) is 7.71. The predicted molar refractivity (Wildman–Crippen MR) is 225 cm³/mol. The van der Waals surface area contributed by atoms with Gasteiger partial charge in [0.05, 0.1) is 11.4 Å². The maximum atomic E-state index is 5.35. The van der Waals surface area contributed by atoms with Crippen LogP contribution in [0.2, 0.25) is 0 Å². The van der Waals surface area contributed by atoms with Crippen molar-refractivity contribution in [3.63, 3.8) is 0 Å². The van der Waals surface area contributed by atoms with E-state index in [9.17, 15) is 0 Å². The number of hydrogen-bond acceptors (Lipinski definition) is 3. The number of aromatic nitrogens is 2. The Hall–Kier alpha value is -6.68. The minimum absolute atomic E-state index is 0.700. The molecule has 248 valence electrons. The summed E-state index contributed by atoms with van der Waals surface area (Å²) in [5.74, 6) is 0.700. The van der Waals surface area contributed by atoms with Gasteiger partial charge in [-0.2, -0.15) is 0 Å². The molecule has 0 saturated heterocycles. The molecule has 10 rings (SSSR count). The third kappa shape index (κ3) is 5.87. The van der Waals surface area contributed by atoms with Crippen molar-refractivity contribution in [1.82, 2.24) is 9.97 Å². The molecule has 0 bridgehead atoms. The minimum atomic E-state index is 0.700. The smallest absolute Gasteiger partial charge is 0.160 e. The van der Waals surface area contributed by atoms with Crippen LogP contribution in [0.15, 0.2) is 194 Å². The van der Waals surface area contributed by atoms with Crippen LogP contribution in [0.5, 0.6) is 0 Å². The summed E-state index contributed by atoms with van der Waals surface area (Å²) in [5, 5.41) is 4.94. The minimum Gasteiger partial charge on any atom is -0.228 e. The normalized spacial score (nSPS) is 11.4. The summed E-state index contributed by atoms with van der Waals surface area (Å²) in [6.45, 7) is 0. The van der Waals surface area contributed by atoms with Gasteiger partial charge in [-0.3, -0.25) is 0 Å². The first-order valence-corrected chi connectivity index (χ1v) is 18.7. The van der Waals surface area contributed by atoms with Gasteiger partial charge in [-0.05, 0) is 92.7 Å².